The fourth-order valence-corrected chi connectivity index (χ4v) is 2.80. The van der Waals surface area contributed by atoms with Gasteiger partial charge in [0, 0.05) is 23.7 Å². The van der Waals surface area contributed by atoms with Crippen molar-refractivity contribution in [3.05, 3.63) is 52.2 Å². The molecule has 2 atom stereocenters. The Kier molecular flexibility index (Phi) is 4.98. The summed E-state index contributed by atoms with van der Waals surface area (Å²) < 4.78 is 0. The molecule has 2 aromatic rings. The standard InChI is InChI=1S/C16H21N3OS/c1-11(17)13-6-8-14(9-7-13)18-16(20)19(3)12(2)15-5-4-10-21-15/h4-12H,17H2,1-3H3,(H,18,20). The third kappa shape index (κ3) is 3.83. The fraction of sp³-hybridized carbons (Fsp3) is 0.312. The summed E-state index contributed by atoms with van der Waals surface area (Å²) in [6, 6.07) is 11.6. The minimum absolute atomic E-state index is 0.00345. The zero-order chi connectivity index (χ0) is 15.4. The van der Waals surface area contributed by atoms with Gasteiger partial charge in [0.15, 0.2) is 0 Å². The number of anilines is 1. The number of nitrogens with one attached hydrogen (secondary N) is 1. The molecule has 1 heterocycles. The van der Waals surface area contributed by atoms with Crippen LogP contribution in [0.1, 0.15) is 36.4 Å². The molecule has 0 saturated heterocycles. The Balaban J connectivity index is 2.00. The molecule has 0 spiro atoms. The number of benzene rings is 1. The van der Waals surface area contributed by atoms with E-state index in [4.69, 9.17) is 5.73 Å². The first-order chi connectivity index (χ1) is 9.99. The lowest BCUT2D eigenvalue weighted by Crippen LogP contribution is -2.33. The maximum absolute atomic E-state index is 12.3. The molecule has 4 nitrogen and oxygen atoms in total. The quantitative estimate of drug-likeness (QED) is 0.897. The van der Waals surface area contributed by atoms with Crippen molar-refractivity contribution in [1.82, 2.24) is 4.90 Å². The molecule has 0 fully saturated rings. The Morgan fingerprint density at radius 3 is 2.43 bits per heavy atom. The number of rotatable bonds is 4. The second-order valence-corrected chi connectivity index (χ2v) is 6.12. The van der Waals surface area contributed by atoms with E-state index in [1.807, 2.05) is 55.6 Å². The number of amides is 2. The number of hydrogen-bond acceptors (Lipinski definition) is 3. The van der Waals surface area contributed by atoms with Crippen molar-refractivity contribution >= 4 is 23.1 Å². The van der Waals surface area contributed by atoms with Crippen molar-refractivity contribution in [2.45, 2.75) is 25.9 Å². The van der Waals surface area contributed by atoms with Crippen LogP contribution >= 0.6 is 11.3 Å². The van der Waals surface area contributed by atoms with E-state index in [9.17, 15) is 4.79 Å². The topological polar surface area (TPSA) is 58.4 Å². The summed E-state index contributed by atoms with van der Waals surface area (Å²) in [7, 11) is 1.80. The Hall–Kier alpha value is -1.85. The number of hydrogen-bond donors (Lipinski definition) is 2. The van der Waals surface area contributed by atoms with Gasteiger partial charge in [0.05, 0.1) is 6.04 Å². The molecule has 2 unspecified atom stereocenters. The summed E-state index contributed by atoms with van der Waals surface area (Å²) >= 11 is 1.65. The van der Waals surface area contributed by atoms with Crippen LogP contribution in [0.5, 0.6) is 0 Å². The van der Waals surface area contributed by atoms with Gasteiger partial charge in [-0.15, -0.1) is 11.3 Å². The van der Waals surface area contributed by atoms with Gasteiger partial charge >= 0.3 is 6.03 Å². The third-order valence-corrected chi connectivity index (χ3v) is 4.59. The molecule has 21 heavy (non-hydrogen) atoms. The molecule has 3 N–H and O–H groups in total. The minimum atomic E-state index is -0.121. The highest BCUT2D eigenvalue weighted by molar-refractivity contribution is 7.10. The van der Waals surface area contributed by atoms with E-state index in [0.717, 1.165) is 11.3 Å². The summed E-state index contributed by atoms with van der Waals surface area (Å²) in [5.74, 6) is 0. The molecule has 0 saturated carbocycles. The van der Waals surface area contributed by atoms with Crippen LogP contribution in [0.3, 0.4) is 0 Å². The van der Waals surface area contributed by atoms with Gasteiger partial charge in [0.1, 0.15) is 0 Å². The molecule has 0 aliphatic rings. The zero-order valence-corrected chi connectivity index (χ0v) is 13.4. The van der Waals surface area contributed by atoms with Gasteiger partial charge in [0.2, 0.25) is 0 Å². The van der Waals surface area contributed by atoms with Crippen molar-refractivity contribution in [1.29, 1.82) is 0 Å². The molecule has 5 heteroatoms. The first-order valence-corrected chi connectivity index (χ1v) is 7.79. The SMILES string of the molecule is CC(N)c1ccc(NC(=O)N(C)C(C)c2cccs2)cc1. The molecule has 0 aliphatic carbocycles. The van der Waals surface area contributed by atoms with Crippen LogP contribution in [0, 0.1) is 0 Å². The molecule has 2 rings (SSSR count). The molecule has 0 aliphatic heterocycles. The summed E-state index contributed by atoms with van der Waals surface area (Å²) in [6.45, 7) is 3.95. The number of nitrogens with two attached hydrogens (primary N) is 1. The van der Waals surface area contributed by atoms with E-state index in [1.54, 1.807) is 23.3 Å². The summed E-state index contributed by atoms with van der Waals surface area (Å²) in [6.07, 6.45) is 0. The number of urea groups is 1. The first kappa shape index (κ1) is 15.5. The maximum Gasteiger partial charge on any atom is 0.322 e. The fourth-order valence-electron chi connectivity index (χ4n) is 1.98. The average molecular weight is 303 g/mol. The van der Waals surface area contributed by atoms with E-state index in [1.165, 1.54) is 4.88 Å². The Morgan fingerprint density at radius 1 is 1.24 bits per heavy atom. The number of carbonyl (C=O) groups excluding carboxylic acids is 1. The number of nitrogens with zero attached hydrogens (tertiary/aromatic N) is 1. The average Bonchev–Trinajstić information content (AvgIpc) is 3.00. The number of carbonyl (C=O) groups is 1. The van der Waals surface area contributed by atoms with Crippen LogP contribution in [0.15, 0.2) is 41.8 Å². The van der Waals surface area contributed by atoms with Crippen molar-refractivity contribution < 1.29 is 4.79 Å². The normalized spacial score (nSPS) is 13.5. The smallest absolute Gasteiger partial charge is 0.322 e. The van der Waals surface area contributed by atoms with Gasteiger partial charge in [-0.3, -0.25) is 0 Å². The van der Waals surface area contributed by atoms with Crippen LogP contribution in [-0.2, 0) is 0 Å². The number of thiophene rings is 1. The monoisotopic (exact) mass is 303 g/mol. The van der Waals surface area contributed by atoms with Crippen LogP contribution < -0.4 is 11.1 Å². The largest absolute Gasteiger partial charge is 0.324 e. The Bertz CT molecular complexity index is 578. The molecule has 2 amide bonds. The second-order valence-electron chi connectivity index (χ2n) is 5.14. The van der Waals surface area contributed by atoms with Gasteiger partial charge in [-0.1, -0.05) is 18.2 Å². The highest BCUT2D eigenvalue weighted by Gasteiger charge is 2.18. The molecular formula is C16H21N3OS. The highest BCUT2D eigenvalue weighted by Crippen LogP contribution is 2.24. The molecule has 1 aromatic carbocycles. The predicted octanol–water partition coefficient (Wildman–Crippen LogP) is 3.99. The minimum Gasteiger partial charge on any atom is -0.324 e. The summed E-state index contributed by atoms with van der Waals surface area (Å²) in [4.78, 5) is 15.1. The molecule has 1 aromatic heterocycles. The van der Waals surface area contributed by atoms with Crippen LogP contribution in [0.4, 0.5) is 10.5 Å². The van der Waals surface area contributed by atoms with Crippen LogP contribution in [0.2, 0.25) is 0 Å². The Labute approximate surface area is 129 Å². The lowest BCUT2D eigenvalue weighted by atomic mass is 10.1. The summed E-state index contributed by atoms with van der Waals surface area (Å²) in [5.41, 5.74) is 7.63. The molecule has 0 bridgehead atoms. The first-order valence-electron chi connectivity index (χ1n) is 6.92. The maximum atomic E-state index is 12.3. The molecule has 112 valence electrons. The van der Waals surface area contributed by atoms with Crippen molar-refractivity contribution in [3.8, 4) is 0 Å². The van der Waals surface area contributed by atoms with E-state index in [-0.39, 0.29) is 18.1 Å². The van der Waals surface area contributed by atoms with E-state index < -0.39 is 0 Å². The third-order valence-electron chi connectivity index (χ3n) is 3.54. The van der Waals surface area contributed by atoms with Crippen molar-refractivity contribution in [3.63, 3.8) is 0 Å². The van der Waals surface area contributed by atoms with Gasteiger partial charge in [0.25, 0.3) is 0 Å². The van der Waals surface area contributed by atoms with E-state index >= 15 is 0 Å². The van der Waals surface area contributed by atoms with E-state index in [2.05, 4.69) is 5.32 Å². The zero-order valence-electron chi connectivity index (χ0n) is 12.5. The van der Waals surface area contributed by atoms with Crippen LogP contribution in [-0.4, -0.2) is 18.0 Å². The van der Waals surface area contributed by atoms with Gasteiger partial charge in [-0.05, 0) is 43.0 Å². The van der Waals surface area contributed by atoms with Crippen LogP contribution in [0.25, 0.3) is 0 Å². The Morgan fingerprint density at radius 2 is 1.90 bits per heavy atom. The van der Waals surface area contributed by atoms with Crippen molar-refractivity contribution in [2.75, 3.05) is 12.4 Å². The lowest BCUT2D eigenvalue weighted by Gasteiger charge is -2.24. The van der Waals surface area contributed by atoms with Gasteiger partial charge in [-0.25, -0.2) is 4.79 Å². The lowest BCUT2D eigenvalue weighted by molar-refractivity contribution is 0.209. The highest BCUT2D eigenvalue weighted by atomic mass is 32.1. The second kappa shape index (κ2) is 6.74. The van der Waals surface area contributed by atoms with Gasteiger partial charge in [-0.2, -0.15) is 0 Å². The van der Waals surface area contributed by atoms with E-state index in [0.29, 0.717) is 0 Å². The molecule has 0 radical (unpaired) electrons. The predicted molar refractivity (Wildman–Crippen MR) is 88.6 cm³/mol. The molecular weight excluding hydrogens is 282 g/mol. The van der Waals surface area contributed by atoms with Gasteiger partial charge < -0.3 is 16.0 Å². The summed E-state index contributed by atoms with van der Waals surface area (Å²) in [5, 5.41) is 4.92. The van der Waals surface area contributed by atoms with Crippen molar-refractivity contribution in [2.24, 2.45) is 5.73 Å².